The number of fused-ring (bicyclic) bond motifs is 1. The van der Waals surface area contributed by atoms with Crippen LogP contribution in [0.2, 0.25) is 0 Å². The summed E-state index contributed by atoms with van der Waals surface area (Å²) in [6.07, 6.45) is 1.23. The van der Waals surface area contributed by atoms with Crippen LogP contribution in [0.4, 0.5) is 4.39 Å². The van der Waals surface area contributed by atoms with Crippen molar-refractivity contribution in [2.24, 2.45) is 0 Å². The summed E-state index contributed by atoms with van der Waals surface area (Å²) in [4.78, 5) is 15.6. The predicted molar refractivity (Wildman–Crippen MR) is 158 cm³/mol. The van der Waals surface area contributed by atoms with Crippen LogP contribution in [0.3, 0.4) is 0 Å². The maximum atomic E-state index is 13.5. The van der Waals surface area contributed by atoms with E-state index < -0.39 is 6.10 Å². The first-order valence-electron chi connectivity index (χ1n) is 14.0. The van der Waals surface area contributed by atoms with Gasteiger partial charge in [0.2, 0.25) is 5.75 Å². The fraction of sp³-hybridized carbons (Fsp3) is 0.375. The van der Waals surface area contributed by atoms with Gasteiger partial charge in [0.15, 0.2) is 11.5 Å². The van der Waals surface area contributed by atoms with Crippen LogP contribution < -0.4 is 24.5 Å². The molecule has 9 nitrogen and oxygen atoms in total. The standard InChI is InChI=1S/C32H36FN3O6/c1-39-29-17-25(18-30(40-2)31(29)41-3)42-20-24(37)19-35-14-12-23(13-15-35)36-32(38)27-7-5-4-6-26(27)28(34-36)16-21-8-10-22(33)11-9-21/h4-11,17-18,23-24,37H,12-16,19-20H2,1-3H3. The van der Waals surface area contributed by atoms with E-state index in [0.29, 0.717) is 54.4 Å². The molecule has 1 aliphatic heterocycles. The molecule has 1 aromatic heterocycles. The van der Waals surface area contributed by atoms with Gasteiger partial charge in [-0.3, -0.25) is 4.79 Å². The van der Waals surface area contributed by atoms with E-state index in [9.17, 15) is 14.3 Å². The Hall–Kier alpha value is -4.15. The largest absolute Gasteiger partial charge is 0.493 e. The Morgan fingerprint density at radius 3 is 2.21 bits per heavy atom. The van der Waals surface area contributed by atoms with E-state index in [1.807, 2.05) is 24.3 Å². The molecule has 42 heavy (non-hydrogen) atoms. The highest BCUT2D eigenvalue weighted by Gasteiger charge is 2.25. The molecule has 0 bridgehead atoms. The summed E-state index contributed by atoms with van der Waals surface area (Å²) >= 11 is 0. The van der Waals surface area contributed by atoms with Crippen molar-refractivity contribution in [3.63, 3.8) is 0 Å². The maximum Gasteiger partial charge on any atom is 0.274 e. The van der Waals surface area contributed by atoms with Gasteiger partial charge in [-0.05, 0) is 36.6 Å². The number of likely N-dealkylation sites (tertiary alicyclic amines) is 1. The molecule has 10 heteroatoms. The number of hydrogen-bond acceptors (Lipinski definition) is 8. The quantitative estimate of drug-likeness (QED) is 0.283. The second-order valence-corrected chi connectivity index (χ2v) is 10.4. The molecule has 1 aliphatic rings. The second-order valence-electron chi connectivity index (χ2n) is 10.4. The Bertz CT molecular complexity index is 1540. The monoisotopic (exact) mass is 577 g/mol. The summed E-state index contributed by atoms with van der Waals surface area (Å²) in [5.41, 5.74) is 1.61. The van der Waals surface area contributed by atoms with E-state index in [1.54, 1.807) is 28.9 Å². The number of rotatable bonds is 11. The van der Waals surface area contributed by atoms with Crippen molar-refractivity contribution >= 4 is 10.8 Å². The molecule has 4 aromatic rings. The van der Waals surface area contributed by atoms with Crippen LogP contribution in [-0.2, 0) is 6.42 Å². The van der Waals surface area contributed by atoms with Crippen LogP contribution in [0.15, 0.2) is 65.5 Å². The lowest BCUT2D eigenvalue weighted by Crippen LogP contribution is -2.43. The number of ether oxygens (including phenoxy) is 4. The Labute approximate surface area is 244 Å². The van der Waals surface area contributed by atoms with Crippen molar-refractivity contribution in [3.8, 4) is 23.0 Å². The summed E-state index contributed by atoms with van der Waals surface area (Å²) in [5, 5.41) is 17.0. The normalized spacial score (nSPS) is 15.0. The highest BCUT2D eigenvalue weighted by Crippen LogP contribution is 2.40. The van der Waals surface area contributed by atoms with Crippen LogP contribution in [0.25, 0.3) is 10.8 Å². The van der Waals surface area contributed by atoms with Crippen LogP contribution in [0.5, 0.6) is 23.0 Å². The summed E-state index contributed by atoms with van der Waals surface area (Å²) < 4.78 is 37.0. The van der Waals surface area contributed by atoms with E-state index in [2.05, 4.69) is 4.90 Å². The molecule has 0 spiro atoms. The number of β-amino-alcohol motifs (C(OH)–C–C–N with tert-alkyl or cyclic N) is 1. The van der Waals surface area contributed by atoms with E-state index in [1.165, 1.54) is 33.5 Å². The molecule has 1 unspecified atom stereocenters. The van der Waals surface area contributed by atoms with Gasteiger partial charge in [0, 0.05) is 43.6 Å². The van der Waals surface area contributed by atoms with E-state index in [-0.39, 0.29) is 24.0 Å². The van der Waals surface area contributed by atoms with Crippen molar-refractivity contribution in [2.45, 2.75) is 31.4 Å². The van der Waals surface area contributed by atoms with Crippen LogP contribution in [0, 0.1) is 5.82 Å². The van der Waals surface area contributed by atoms with Crippen molar-refractivity contribution in [1.82, 2.24) is 14.7 Å². The zero-order chi connectivity index (χ0) is 29.6. The van der Waals surface area contributed by atoms with Crippen LogP contribution >= 0.6 is 0 Å². The predicted octanol–water partition coefficient (Wildman–Crippen LogP) is 4.23. The number of halogens is 1. The molecule has 0 radical (unpaired) electrons. The molecular weight excluding hydrogens is 541 g/mol. The Kier molecular flexibility index (Phi) is 9.24. The zero-order valence-electron chi connectivity index (χ0n) is 24.1. The minimum Gasteiger partial charge on any atom is -0.493 e. The third kappa shape index (κ3) is 6.50. The minimum atomic E-state index is -0.718. The number of aliphatic hydroxyl groups is 1. The zero-order valence-corrected chi connectivity index (χ0v) is 24.1. The molecule has 1 N–H and O–H groups in total. The van der Waals surface area contributed by atoms with Gasteiger partial charge < -0.3 is 29.0 Å². The average Bonchev–Trinajstić information content (AvgIpc) is 3.02. The molecule has 0 amide bonds. The van der Waals surface area contributed by atoms with Gasteiger partial charge in [-0.1, -0.05) is 30.3 Å². The highest BCUT2D eigenvalue weighted by atomic mass is 19.1. The van der Waals surface area contributed by atoms with E-state index >= 15 is 0 Å². The summed E-state index contributed by atoms with van der Waals surface area (Å²) in [5.74, 6) is 1.63. The molecule has 1 fully saturated rings. The molecule has 5 rings (SSSR count). The Morgan fingerprint density at radius 1 is 0.952 bits per heavy atom. The van der Waals surface area contributed by atoms with Crippen LogP contribution in [0.1, 0.15) is 30.1 Å². The number of aliphatic hydroxyl groups excluding tert-OH is 1. The van der Waals surface area contributed by atoms with Crippen LogP contribution in [-0.4, -0.2) is 73.5 Å². The lowest BCUT2D eigenvalue weighted by molar-refractivity contribution is 0.0545. The maximum absolute atomic E-state index is 13.5. The van der Waals surface area contributed by atoms with Crippen molar-refractivity contribution < 1.29 is 28.4 Å². The number of benzene rings is 3. The fourth-order valence-corrected chi connectivity index (χ4v) is 5.48. The lowest BCUT2D eigenvalue weighted by Gasteiger charge is -2.33. The summed E-state index contributed by atoms with van der Waals surface area (Å²) in [6, 6.07) is 17.2. The smallest absolute Gasteiger partial charge is 0.274 e. The summed E-state index contributed by atoms with van der Waals surface area (Å²) in [7, 11) is 4.61. The van der Waals surface area contributed by atoms with Crippen molar-refractivity contribution in [2.75, 3.05) is 47.6 Å². The molecule has 3 aromatic carbocycles. The topological polar surface area (TPSA) is 95.3 Å². The number of piperidine rings is 1. The summed E-state index contributed by atoms with van der Waals surface area (Å²) in [6.45, 7) is 1.95. The van der Waals surface area contributed by atoms with Gasteiger partial charge in [-0.15, -0.1) is 0 Å². The second kappa shape index (κ2) is 13.2. The van der Waals surface area contributed by atoms with E-state index in [4.69, 9.17) is 24.0 Å². The molecular formula is C32H36FN3O6. The molecule has 0 saturated carbocycles. The first-order valence-corrected chi connectivity index (χ1v) is 14.0. The van der Waals surface area contributed by atoms with Crippen molar-refractivity contribution in [1.29, 1.82) is 0 Å². The molecule has 222 valence electrons. The van der Waals surface area contributed by atoms with Gasteiger partial charge in [0.25, 0.3) is 5.56 Å². The molecule has 0 aliphatic carbocycles. The highest BCUT2D eigenvalue weighted by molar-refractivity contribution is 5.83. The van der Waals surface area contributed by atoms with Gasteiger partial charge in [-0.2, -0.15) is 5.10 Å². The van der Waals surface area contributed by atoms with E-state index in [0.717, 1.165) is 29.5 Å². The number of methoxy groups -OCH3 is 3. The Balaban J connectivity index is 1.22. The van der Waals surface area contributed by atoms with Gasteiger partial charge >= 0.3 is 0 Å². The SMILES string of the molecule is COc1cc(OCC(O)CN2CCC(n3nc(Cc4ccc(F)cc4)c4ccccc4c3=O)CC2)cc(OC)c1OC. The molecule has 2 heterocycles. The molecule has 1 atom stereocenters. The van der Waals surface area contributed by atoms with Gasteiger partial charge in [-0.25, -0.2) is 9.07 Å². The first-order chi connectivity index (χ1) is 20.4. The minimum absolute atomic E-state index is 0.0575. The lowest BCUT2D eigenvalue weighted by atomic mass is 10.0. The van der Waals surface area contributed by atoms with Crippen molar-refractivity contribution in [3.05, 3.63) is 88.1 Å². The number of nitrogens with zero attached hydrogens (tertiary/aromatic N) is 3. The Morgan fingerprint density at radius 2 is 1.60 bits per heavy atom. The number of hydrogen-bond donors (Lipinski definition) is 1. The van der Waals surface area contributed by atoms with Gasteiger partial charge in [0.05, 0.1) is 38.5 Å². The number of aromatic nitrogens is 2. The first kappa shape index (κ1) is 29.3. The third-order valence-electron chi connectivity index (χ3n) is 7.64. The fourth-order valence-electron chi connectivity index (χ4n) is 5.48. The third-order valence-corrected chi connectivity index (χ3v) is 7.64. The van der Waals surface area contributed by atoms with Gasteiger partial charge in [0.1, 0.15) is 24.3 Å². The molecule has 1 saturated heterocycles. The average molecular weight is 578 g/mol.